The van der Waals surface area contributed by atoms with Crippen molar-refractivity contribution in [3.8, 4) is 10.6 Å². The number of pyridine rings is 1. The van der Waals surface area contributed by atoms with Gasteiger partial charge >= 0.3 is 5.97 Å². The van der Waals surface area contributed by atoms with E-state index < -0.39 is 33.6 Å². The largest absolute Gasteiger partial charge is 0.477 e. The van der Waals surface area contributed by atoms with Gasteiger partial charge in [0.25, 0.3) is 27.8 Å². The van der Waals surface area contributed by atoms with E-state index in [4.69, 9.17) is 5.11 Å². The van der Waals surface area contributed by atoms with E-state index in [0.717, 1.165) is 36.9 Å². The lowest BCUT2D eigenvalue weighted by atomic mass is 10.2. The van der Waals surface area contributed by atoms with Gasteiger partial charge in [0.15, 0.2) is 0 Å². The molecule has 4 N–H and O–H groups in total. The zero-order valence-corrected chi connectivity index (χ0v) is 22.1. The van der Waals surface area contributed by atoms with Gasteiger partial charge in [-0.2, -0.15) is 8.42 Å². The van der Waals surface area contributed by atoms with Crippen LogP contribution in [0.15, 0.2) is 48.3 Å². The Hall–Kier alpha value is -3.95. The van der Waals surface area contributed by atoms with E-state index in [2.05, 4.69) is 37.9 Å². The van der Waals surface area contributed by atoms with Crippen molar-refractivity contribution in [2.45, 2.75) is 25.7 Å². The summed E-state index contributed by atoms with van der Waals surface area (Å²) in [6.07, 6.45) is 5.35. The molecule has 2 heterocycles. The van der Waals surface area contributed by atoms with Gasteiger partial charge in [0.05, 0.1) is 18.6 Å². The minimum Gasteiger partial charge on any atom is -0.477 e. The Balaban J connectivity index is 1.80. The average Bonchev–Trinajstić information content (AvgIpc) is 3.35. The number of thiazole rings is 1. The van der Waals surface area contributed by atoms with E-state index in [1.165, 1.54) is 17.6 Å². The molecule has 0 saturated carbocycles. The molecule has 204 valence electrons. The lowest BCUT2D eigenvalue weighted by molar-refractivity contribution is -0.134. The zero-order valence-electron chi connectivity index (χ0n) is 20.5. The lowest BCUT2D eigenvalue weighted by Gasteiger charge is -2.07. The fourth-order valence-corrected chi connectivity index (χ4v) is 3.98. The molecule has 38 heavy (non-hydrogen) atoms. The highest BCUT2D eigenvalue weighted by Crippen LogP contribution is 2.23. The van der Waals surface area contributed by atoms with Gasteiger partial charge in [0, 0.05) is 23.7 Å². The number of rotatable bonds is 15. The summed E-state index contributed by atoms with van der Waals surface area (Å²) in [7, 11) is -3.42. The molecule has 2 rings (SSSR count). The zero-order chi connectivity index (χ0) is 28.3. The van der Waals surface area contributed by atoms with E-state index in [0.29, 0.717) is 23.5 Å². The van der Waals surface area contributed by atoms with Crippen LogP contribution >= 0.6 is 11.3 Å². The highest BCUT2D eigenvalue weighted by atomic mass is 32.2. The summed E-state index contributed by atoms with van der Waals surface area (Å²) in [4.78, 5) is 55.6. The van der Waals surface area contributed by atoms with Crippen LogP contribution in [-0.4, -0.2) is 66.6 Å². The maximum absolute atomic E-state index is 12.4. The Kier molecular flexibility index (Phi) is 11.2. The summed E-state index contributed by atoms with van der Waals surface area (Å²) in [6, 6.07) is 3.16. The molecule has 0 bridgehead atoms. The van der Waals surface area contributed by atoms with Gasteiger partial charge in [-0.3, -0.25) is 23.6 Å². The number of carbonyl (C=O) groups is 4. The standard InChI is InChI=1S/C23H27N5O8S2/c1-14(19(29)27-15(2)23(32)33)26-21(31)18-13-37-22(28-18)16-8-9-17(25-12-16)20(30)24-10-6-4-5-7-11-36-38(3,34)35/h8-9,12-13H,1-2,4-7,10-11H2,3H3,(H,24,30)(H,26,31)(H,27,29)(H,32,33). The first-order chi connectivity index (χ1) is 17.9. The van der Waals surface area contributed by atoms with E-state index in [1.807, 2.05) is 5.32 Å². The van der Waals surface area contributed by atoms with Crippen molar-refractivity contribution in [1.29, 1.82) is 0 Å². The Morgan fingerprint density at radius 3 is 2.34 bits per heavy atom. The van der Waals surface area contributed by atoms with Gasteiger partial charge in [-0.15, -0.1) is 11.3 Å². The highest BCUT2D eigenvalue weighted by molar-refractivity contribution is 7.85. The average molecular weight is 566 g/mol. The molecular formula is C23H27N5O8S2. The van der Waals surface area contributed by atoms with Crippen LogP contribution in [0.25, 0.3) is 10.6 Å². The molecule has 15 heteroatoms. The lowest BCUT2D eigenvalue weighted by Crippen LogP contribution is -2.35. The van der Waals surface area contributed by atoms with Crippen LogP contribution in [0.4, 0.5) is 0 Å². The molecule has 0 aromatic carbocycles. The second kappa shape index (κ2) is 14.1. The topological polar surface area (TPSA) is 194 Å². The second-order valence-corrected chi connectivity index (χ2v) is 10.3. The molecule has 0 fully saturated rings. The first kappa shape index (κ1) is 30.3. The summed E-state index contributed by atoms with van der Waals surface area (Å²) >= 11 is 1.14. The quantitative estimate of drug-likeness (QED) is 0.139. The van der Waals surface area contributed by atoms with Crippen LogP contribution in [0, 0.1) is 0 Å². The molecule has 0 atom stereocenters. The Labute approximate surface area is 223 Å². The number of carboxylic acids is 1. The molecule has 0 spiro atoms. The van der Waals surface area contributed by atoms with Crippen molar-refractivity contribution < 1.29 is 36.9 Å². The first-order valence-corrected chi connectivity index (χ1v) is 13.9. The Morgan fingerprint density at radius 2 is 1.71 bits per heavy atom. The van der Waals surface area contributed by atoms with Crippen LogP contribution in [0.1, 0.15) is 46.7 Å². The van der Waals surface area contributed by atoms with Crippen molar-refractivity contribution in [2.24, 2.45) is 0 Å². The highest BCUT2D eigenvalue weighted by Gasteiger charge is 2.18. The minimum absolute atomic E-state index is 0.000659. The Bertz CT molecular complexity index is 1320. The first-order valence-electron chi connectivity index (χ1n) is 11.2. The minimum atomic E-state index is -3.42. The number of carboxylic acid groups (broad SMARTS) is 1. The van der Waals surface area contributed by atoms with E-state index in [-0.39, 0.29) is 29.6 Å². The molecule has 3 amide bonds. The summed E-state index contributed by atoms with van der Waals surface area (Å²) < 4.78 is 26.4. The third kappa shape index (κ3) is 10.2. The van der Waals surface area contributed by atoms with Crippen molar-refractivity contribution in [1.82, 2.24) is 25.9 Å². The number of hydrogen-bond acceptors (Lipinski definition) is 10. The summed E-state index contributed by atoms with van der Waals surface area (Å²) in [5.41, 5.74) is -0.183. The second-order valence-electron chi connectivity index (χ2n) is 7.84. The predicted molar refractivity (Wildman–Crippen MR) is 138 cm³/mol. The maximum atomic E-state index is 12.4. The van der Waals surface area contributed by atoms with Crippen LogP contribution in [0.5, 0.6) is 0 Å². The molecule has 0 aliphatic heterocycles. The summed E-state index contributed by atoms with van der Waals surface area (Å²) in [5, 5.41) is 17.6. The fourth-order valence-electron chi connectivity index (χ4n) is 2.77. The smallest absolute Gasteiger partial charge is 0.351 e. The molecule has 2 aromatic heterocycles. The van der Waals surface area contributed by atoms with Gasteiger partial charge in [-0.25, -0.2) is 9.78 Å². The maximum Gasteiger partial charge on any atom is 0.351 e. The molecular weight excluding hydrogens is 538 g/mol. The van der Waals surface area contributed by atoms with Crippen LogP contribution in [0.3, 0.4) is 0 Å². The molecule has 2 aromatic rings. The molecule has 0 aliphatic rings. The fraction of sp³-hybridized carbons (Fsp3) is 0.304. The normalized spacial score (nSPS) is 10.9. The number of nitrogens with one attached hydrogen (secondary N) is 3. The SMILES string of the molecule is C=C(NC(=O)C(=C)NC(=O)c1csc(-c2ccc(C(=O)NCCCCCCOS(C)(=O)=O)nc2)n1)C(=O)O. The van der Waals surface area contributed by atoms with Crippen molar-refractivity contribution in [2.75, 3.05) is 19.4 Å². The van der Waals surface area contributed by atoms with Gasteiger partial charge in [-0.05, 0) is 25.0 Å². The van der Waals surface area contributed by atoms with Crippen LogP contribution < -0.4 is 16.0 Å². The molecule has 0 radical (unpaired) electrons. The molecule has 13 nitrogen and oxygen atoms in total. The van der Waals surface area contributed by atoms with Crippen molar-refractivity contribution in [3.05, 3.63) is 59.6 Å². The third-order valence-corrected chi connectivity index (χ3v) is 6.18. The van der Waals surface area contributed by atoms with Crippen LogP contribution in [0.2, 0.25) is 0 Å². The summed E-state index contributed by atoms with van der Waals surface area (Å²) in [5.74, 6) is -3.43. The van der Waals surface area contributed by atoms with Crippen LogP contribution in [-0.2, 0) is 23.9 Å². The predicted octanol–water partition coefficient (Wildman–Crippen LogP) is 1.43. The van der Waals surface area contributed by atoms with Gasteiger partial charge in [0.2, 0.25) is 0 Å². The number of unbranched alkanes of at least 4 members (excludes halogenated alkanes) is 3. The van der Waals surface area contributed by atoms with Crippen molar-refractivity contribution in [3.63, 3.8) is 0 Å². The van der Waals surface area contributed by atoms with Gasteiger partial charge in [0.1, 0.15) is 22.1 Å². The molecule has 0 aliphatic carbocycles. The number of aromatic nitrogens is 2. The van der Waals surface area contributed by atoms with E-state index in [1.54, 1.807) is 6.07 Å². The number of nitrogens with zero attached hydrogens (tertiary/aromatic N) is 2. The molecule has 0 unspecified atom stereocenters. The summed E-state index contributed by atoms with van der Waals surface area (Å²) in [6.45, 7) is 7.14. The monoisotopic (exact) mass is 565 g/mol. The number of amides is 3. The number of hydrogen-bond donors (Lipinski definition) is 4. The van der Waals surface area contributed by atoms with Gasteiger partial charge in [-0.1, -0.05) is 26.0 Å². The Morgan fingerprint density at radius 1 is 1.00 bits per heavy atom. The number of carbonyl (C=O) groups excluding carboxylic acids is 3. The number of aliphatic carboxylic acids is 1. The molecule has 0 saturated heterocycles. The van der Waals surface area contributed by atoms with Gasteiger partial charge < -0.3 is 21.1 Å². The van der Waals surface area contributed by atoms with E-state index in [9.17, 15) is 27.6 Å². The van der Waals surface area contributed by atoms with Crippen molar-refractivity contribution >= 4 is 45.1 Å². The van der Waals surface area contributed by atoms with E-state index >= 15 is 0 Å². The third-order valence-electron chi connectivity index (χ3n) is 4.70.